The topological polar surface area (TPSA) is 265 Å². The number of aliphatic carboxylic acids is 2. The molecule has 0 aliphatic carbocycles. The number of carboxylic acids is 2. The summed E-state index contributed by atoms with van der Waals surface area (Å²) in [5, 5.41) is 79.9. The molecule has 1 amide bonds. The summed E-state index contributed by atoms with van der Waals surface area (Å²) >= 11 is 0. The average Bonchev–Trinajstić information content (AvgIpc) is 3.06. The molecular formula is C31H51N5O12. The van der Waals surface area contributed by atoms with E-state index < -0.39 is 86.3 Å². The van der Waals surface area contributed by atoms with Crippen LogP contribution in [-0.2, 0) is 32.3 Å². The molecule has 17 heteroatoms. The highest BCUT2D eigenvalue weighted by Crippen LogP contribution is 2.23. The van der Waals surface area contributed by atoms with Gasteiger partial charge in [0.25, 0.3) is 0 Å². The lowest BCUT2D eigenvalue weighted by Crippen LogP contribution is -2.57. The number of hydrogen-bond donors (Lipinski definition) is 9. The van der Waals surface area contributed by atoms with Crippen molar-refractivity contribution in [2.75, 3.05) is 72.9 Å². The Labute approximate surface area is 279 Å². The number of nitrogens with zero attached hydrogens (tertiary/aromatic N) is 4. The Morgan fingerprint density at radius 3 is 1.62 bits per heavy atom. The average molecular weight is 686 g/mol. The van der Waals surface area contributed by atoms with Gasteiger partial charge in [0.2, 0.25) is 5.91 Å². The molecule has 0 radical (unpaired) electrons. The zero-order valence-corrected chi connectivity index (χ0v) is 27.4. The van der Waals surface area contributed by atoms with Gasteiger partial charge in [0.1, 0.15) is 23.4 Å². The van der Waals surface area contributed by atoms with Crippen molar-refractivity contribution >= 4 is 23.6 Å². The fraction of sp³-hybridized carbons (Fsp3) is 0.710. The van der Waals surface area contributed by atoms with Gasteiger partial charge in [0, 0.05) is 63.9 Å². The third-order valence-electron chi connectivity index (χ3n) is 8.82. The third kappa shape index (κ3) is 12.1. The van der Waals surface area contributed by atoms with Crippen LogP contribution in [0.4, 0.5) is 0 Å². The summed E-state index contributed by atoms with van der Waals surface area (Å²) in [6.07, 6.45) is -0.863. The minimum absolute atomic E-state index is 0.0480. The van der Waals surface area contributed by atoms with Crippen LogP contribution in [0, 0.1) is 5.41 Å². The first-order valence-electron chi connectivity index (χ1n) is 15.8. The van der Waals surface area contributed by atoms with Crippen molar-refractivity contribution < 1.29 is 60.0 Å². The molecule has 0 spiro atoms. The molecule has 1 aliphatic heterocycles. The van der Waals surface area contributed by atoms with Crippen molar-refractivity contribution in [2.45, 2.75) is 62.8 Å². The second-order valence-corrected chi connectivity index (χ2v) is 12.6. The van der Waals surface area contributed by atoms with E-state index in [-0.39, 0.29) is 58.3 Å². The molecule has 48 heavy (non-hydrogen) atoms. The van der Waals surface area contributed by atoms with Crippen molar-refractivity contribution in [3.63, 3.8) is 0 Å². The molecule has 1 aliphatic rings. The van der Waals surface area contributed by atoms with Crippen LogP contribution in [0.5, 0.6) is 0 Å². The zero-order chi connectivity index (χ0) is 35.9. The SMILES string of the molecule is CN1CCN(C(CCC(=O)CC(CO)(CO)CO)C(=O)O)Cc2cccc(n2)CN(C(CCC(=O)NC(CO)(CO)CO)C(=O)O)CC1. The highest BCUT2D eigenvalue weighted by atomic mass is 16.4. The number of carbonyl (C=O) groups excluding carboxylic acids is 2. The second kappa shape index (κ2) is 19.8. The highest BCUT2D eigenvalue weighted by Gasteiger charge is 2.34. The molecule has 0 fully saturated rings. The van der Waals surface area contributed by atoms with Crippen LogP contribution in [0.25, 0.3) is 0 Å². The Morgan fingerprint density at radius 2 is 1.21 bits per heavy atom. The minimum atomic E-state index is -1.63. The van der Waals surface area contributed by atoms with Crippen molar-refractivity contribution in [1.82, 2.24) is 25.0 Å². The van der Waals surface area contributed by atoms with Crippen LogP contribution in [0.1, 0.15) is 43.5 Å². The maximum Gasteiger partial charge on any atom is 0.320 e. The quantitative estimate of drug-likeness (QED) is 0.0696. The van der Waals surface area contributed by atoms with Gasteiger partial charge in [0.15, 0.2) is 0 Å². The van der Waals surface area contributed by atoms with E-state index in [1.807, 2.05) is 4.90 Å². The van der Waals surface area contributed by atoms with Crippen molar-refractivity contribution in [2.24, 2.45) is 5.41 Å². The Bertz CT molecular complexity index is 1090. The van der Waals surface area contributed by atoms with E-state index in [2.05, 4.69) is 10.3 Å². The molecule has 2 unspecified atom stereocenters. The summed E-state index contributed by atoms with van der Waals surface area (Å²) in [5.74, 6) is -3.34. The van der Waals surface area contributed by atoms with Gasteiger partial charge in [-0.15, -0.1) is 0 Å². The fourth-order valence-corrected chi connectivity index (χ4v) is 5.46. The number of hydrogen-bond acceptors (Lipinski definition) is 14. The van der Waals surface area contributed by atoms with Crippen molar-refractivity contribution in [3.8, 4) is 0 Å². The fourth-order valence-electron chi connectivity index (χ4n) is 5.46. The number of rotatable bonds is 19. The van der Waals surface area contributed by atoms with Gasteiger partial charge in [0.05, 0.1) is 51.0 Å². The summed E-state index contributed by atoms with van der Waals surface area (Å²) in [5.41, 5.74) is -1.98. The molecule has 2 rings (SSSR count). The number of aliphatic hydroxyl groups excluding tert-OH is 6. The van der Waals surface area contributed by atoms with Crippen LogP contribution in [0.15, 0.2) is 18.2 Å². The number of fused-ring (bicyclic) bond motifs is 2. The summed E-state index contributed by atoms with van der Waals surface area (Å²) in [6, 6.07) is 2.99. The third-order valence-corrected chi connectivity index (χ3v) is 8.82. The van der Waals surface area contributed by atoms with Gasteiger partial charge in [-0.1, -0.05) is 6.07 Å². The molecule has 0 saturated carbocycles. The Morgan fingerprint density at radius 1 is 0.750 bits per heavy atom. The van der Waals surface area contributed by atoms with E-state index in [0.29, 0.717) is 24.5 Å². The molecule has 0 aromatic carbocycles. The van der Waals surface area contributed by atoms with E-state index in [9.17, 15) is 60.0 Å². The summed E-state index contributed by atoms with van der Waals surface area (Å²) in [6.45, 7) is -2.42. The van der Waals surface area contributed by atoms with Gasteiger partial charge < -0.3 is 51.1 Å². The van der Waals surface area contributed by atoms with Crippen LogP contribution in [0.2, 0.25) is 0 Å². The number of carbonyl (C=O) groups is 4. The van der Waals surface area contributed by atoms with Crippen LogP contribution in [-0.4, -0.2) is 175 Å². The number of aliphatic hydroxyl groups is 6. The molecule has 9 N–H and O–H groups in total. The van der Waals surface area contributed by atoms with Gasteiger partial charge in [-0.2, -0.15) is 0 Å². The first-order valence-corrected chi connectivity index (χ1v) is 15.8. The first-order chi connectivity index (χ1) is 22.8. The molecular weight excluding hydrogens is 634 g/mol. The van der Waals surface area contributed by atoms with Gasteiger partial charge in [-0.3, -0.25) is 34.0 Å². The lowest BCUT2D eigenvalue weighted by Gasteiger charge is -2.34. The maximum atomic E-state index is 12.7. The minimum Gasteiger partial charge on any atom is -0.480 e. The van der Waals surface area contributed by atoms with Crippen LogP contribution in [0.3, 0.4) is 0 Å². The molecule has 0 saturated heterocycles. The van der Waals surface area contributed by atoms with Gasteiger partial charge in [-0.25, -0.2) is 0 Å². The largest absolute Gasteiger partial charge is 0.480 e. The number of amides is 1. The van der Waals surface area contributed by atoms with Crippen molar-refractivity contribution in [3.05, 3.63) is 29.6 Å². The maximum absolute atomic E-state index is 12.7. The number of aromatic nitrogens is 1. The molecule has 272 valence electrons. The van der Waals surface area contributed by atoms with E-state index >= 15 is 0 Å². The van der Waals surface area contributed by atoms with Crippen LogP contribution < -0.4 is 5.32 Å². The van der Waals surface area contributed by atoms with E-state index in [4.69, 9.17) is 0 Å². The normalized spacial score (nSPS) is 17.1. The Kier molecular flexibility index (Phi) is 16.9. The number of nitrogens with one attached hydrogen (secondary N) is 1. The molecule has 2 atom stereocenters. The smallest absolute Gasteiger partial charge is 0.320 e. The molecule has 17 nitrogen and oxygen atoms in total. The monoisotopic (exact) mass is 685 g/mol. The van der Waals surface area contributed by atoms with E-state index in [0.717, 1.165) is 0 Å². The lowest BCUT2D eigenvalue weighted by molar-refractivity contribution is -0.145. The standard InChI is InChI=1S/C31H51N5O12/c1-34-9-11-35(25(28(45)46)6-5-24(43)13-30(16-37,17-38)18-39)14-22-3-2-4-23(32-22)15-36(12-10-34)26(29(47)48)7-8-27(44)33-31(19-40,20-41)21-42/h2-4,25-26,37-42H,5-21H2,1H3,(H,33,44)(H,45,46)(H,47,48). The van der Waals surface area contributed by atoms with E-state index in [1.54, 1.807) is 35.0 Å². The first kappa shape index (κ1) is 41.0. The predicted octanol–water partition coefficient (Wildman–Crippen LogP) is -3.15. The predicted molar refractivity (Wildman–Crippen MR) is 169 cm³/mol. The summed E-state index contributed by atoms with van der Waals surface area (Å²) in [7, 11) is 1.80. The summed E-state index contributed by atoms with van der Waals surface area (Å²) < 4.78 is 0. The molecule has 2 heterocycles. The second-order valence-electron chi connectivity index (χ2n) is 12.6. The summed E-state index contributed by atoms with van der Waals surface area (Å²) in [4.78, 5) is 60.1. The Hall–Kier alpha value is -3.13. The van der Waals surface area contributed by atoms with E-state index in [1.165, 1.54) is 0 Å². The number of carboxylic acid groups (broad SMARTS) is 2. The molecule has 1 aromatic rings. The highest BCUT2D eigenvalue weighted by molar-refractivity contribution is 5.81. The number of pyridine rings is 1. The lowest BCUT2D eigenvalue weighted by atomic mass is 9.84. The molecule has 2 bridgehead atoms. The molecule has 1 aromatic heterocycles. The zero-order valence-electron chi connectivity index (χ0n) is 27.4. The van der Waals surface area contributed by atoms with Crippen molar-refractivity contribution in [1.29, 1.82) is 0 Å². The van der Waals surface area contributed by atoms with Gasteiger partial charge >= 0.3 is 11.9 Å². The Balaban J connectivity index is 2.25. The van der Waals surface area contributed by atoms with Crippen LogP contribution >= 0.6 is 0 Å². The number of likely N-dealkylation sites (N-methyl/N-ethyl adjacent to an activating group) is 1. The number of Topliss-reactive ketones (excluding diaryl/α,β-unsaturated/α-hetero) is 1. The number of ketones is 1. The van der Waals surface area contributed by atoms with Gasteiger partial charge in [-0.05, 0) is 32.0 Å².